The van der Waals surface area contributed by atoms with Gasteiger partial charge in [0.15, 0.2) is 0 Å². The van der Waals surface area contributed by atoms with Crippen molar-refractivity contribution in [3.63, 3.8) is 0 Å². The first-order valence-electron chi connectivity index (χ1n) is 5.75. The van der Waals surface area contributed by atoms with E-state index in [2.05, 4.69) is 15.7 Å². The van der Waals surface area contributed by atoms with Gasteiger partial charge in [-0.05, 0) is 25.3 Å². The van der Waals surface area contributed by atoms with Crippen LogP contribution in [0.25, 0.3) is 0 Å². The van der Waals surface area contributed by atoms with Gasteiger partial charge in [0, 0.05) is 26.3 Å². The van der Waals surface area contributed by atoms with Crippen LogP contribution in [0.4, 0.5) is 0 Å². The van der Waals surface area contributed by atoms with Crippen LogP contribution in [0.1, 0.15) is 25.0 Å². The van der Waals surface area contributed by atoms with Gasteiger partial charge in [-0.25, -0.2) is 0 Å². The zero-order valence-corrected chi connectivity index (χ0v) is 9.57. The summed E-state index contributed by atoms with van der Waals surface area (Å²) in [4.78, 5) is 11.6. The summed E-state index contributed by atoms with van der Waals surface area (Å²) < 4.78 is 1.77. The zero-order chi connectivity index (χ0) is 11.4. The molecule has 0 spiro atoms. The van der Waals surface area contributed by atoms with Crippen molar-refractivity contribution in [3.8, 4) is 0 Å². The van der Waals surface area contributed by atoms with Crippen LogP contribution in [0.3, 0.4) is 0 Å². The van der Waals surface area contributed by atoms with Crippen molar-refractivity contribution >= 4 is 5.91 Å². The van der Waals surface area contributed by atoms with E-state index in [0.717, 1.165) is 31.5 Å². The molecule has 5 heteroatoms. The molecule has 1 unspecified atom stereocenters. The highest BCUT2D eigenvalue weighted by Gasteiger charge is 2.19. The number of carbonyl (C=O) groups is 1. The minimum Gasteiger partial charge on any atom is -0.355 e. The lowest BCUT2D eigenvalue weighted by Gasteiger charge is -2.13. The molecule has 2 N–H and O–H groups in total. The van der Waals surface area contributed by atoms with Crippen molar-refractivity contribution < 1.29 is 4.79 Å². The van der Waals surface area contributed by atoms with Crippen molar-refractivity contribution in [3.05, 3.63) is 18.0 Å². The van der Waals surface area contributed by atoms with Crippen molar-refractivity contribution in [2.24, 2.45) is 7.05 Å². The first-order chi connectivity index (χ1) is 7.75. The smallest absolute Gasteiger partial charge is 0.237 e. The van der Waals surface area contributed by atoms with Gasteiger partial charge < -0.3 is 10.6 Å². The largest absolute Gasteiger partial charge is 0.355 e. The van der Waals surface area contributed by atoms with E-state index in [1.54, 1.807) is 4.68 Å². The molecule has 1 amide bonds. The number of nitrogens with zero attached hydrogens (tertiary/aromatic N) is 2. The predicted molar refractivity (Wildman–Crippen MR) is 60.7 cm³/mol. The maximum atomic E-state index is 11.6. The fourth-order valence-corrected chi connectivity index (χ4v) is 1.92. The number of aryl methyl sites for hydroxylation is 1. The first-order valence-corrected chi connectivity index (χ1v) is 5.75. The molecule has 5 nitrogen and oxygen atoms in total. The summed E-state index contributed by atoms with van der Waals surface area (Å²) in [6.07, 6.45) is 5.00. The van der Waals surface area contributed by atoms with Gasteiger partial charge in [-0.15, -0.1) is 0 Å². The molecule has 0 aliphatic carbocycles. The van der Waals surface area contributed by atoms with Crippen molar-refractivity contribution in [1.82, 2.24) is 20.4 Å². The van der Waals surface area contributed by atoms with E-state index in [0.29, 0.717) is 6.54 Å². The second-order valence-electron chi connectivity index (χ2n) is 4.20. The Morgan fingerprint density at radius 2 is 2.50 bits per heavy atom. The number of aromatic nitrogens is 2. The van der Waals surface area contributed by atoms with Crippen LogP contribution in [-0.2, 0) is 18.4 Å². The second-order valence-corrected chi connectivity index (χ2v) is 4.20. The standard InChI is InChI=1S/C11H18N4O/c1-15-7-5-9(14-15)8-13-10-4-2-3-6-12-11(10)16/h5,7,10,13H,2-4,6,8H2,1H3,(H,12,16). The molecule has 2 heterocycles. The minimum atomic E-state index is -0.0653. The lowest BCUT2D eigenvalue weighted by molar-refractivity contribution is -0.122. The Balaban J connectivity index is 1.86. The third kappa shape index (κ3) is 2.82. The molecule has 1 aliphatic heterocycles. The Morgan fingerprint density at radius 3 is 3.25 bits per heavy atom. The zero-order valence-electron chi connectivity index (χ0n) is 9.57. The molecule has 0 aromatic carbocycles. The SMILES string of the molecule is Cn1ccc(CNC2CCCCNC2=O)n1. The van der Waals surface area contributed by atoms with E-state index in [1.807, 2.05) is 19.3 Å². The number of carbonyl (C=O) groups excluding carboxylic acids is 1. The summed E-state index contributed by atoms with van der Waals surface area (Å²) in [5.41, 5.74) is 0.972. The van der Waals surface area contributed by atoms with Crippen LogP contribution in [0.5, 0.6) is 0 Å². The Labute approximate surface area is 95.2 Å². The molecule has 1 aliphatic rings. The Bertz CT molecular complexity index is 361. The summed E-state index contributed by atoms with van der Waals surface area (Å²) in [5, 5.41) is 10.4. The van der Waals surface area contributed by atoms with E-state index in [4.69, 9.17) is 0 Å². The molecule has 1 fully saturated rings. The summed E-state index contributed by atoms with van der Waals surface area (Å²) in [6, 6.07) is 1.89. The molecule has 0 saturated carbocycles. The van der Waals surface area contributed by atoms with Crippen LogP contribution < -0.4 is 10.6 Å². The van der Waals surface area contributed by atoms with E-state index >= 15 is 0 Å². The van der Waals surface area contributed by atoms with Gasteiger partial charge in [-0.3, -0.25) is 9.48 Å². The number of amides is 1. The van der Waals surface area contributed by atoms with Crippen LogP contribution >= 0.6 is 0 Å². The highest BCUT2D eigenvalue weighted by atomic mass is 16.2. The molecule has 0 bridgehead atoms. The van der Waals surface area contributed by atoms with Crippen molar-refractivity contribution in [2.45, 2.75) is 31.8 Å². The van der Waals surface area contributed by atoms with Gasteiger partial charge in [0.05, 0.1) is 11.7 Å². The fourth-order valence-electron chi connectivity index (χ4n) is 1.92. The number of hydrogen-bond donors (Lipinski definition) is 2. The van der Waals surface area contributed by atoms with E-state index in [-0.39, 0.29) is 11.9 Å². The van der Waals surface area contributed by atoms with Gasteiger partial charge in [0.25, 0.3) is 0 Å². The number of rotatable bonds is 3. The molecule has 88 valence electrons. The molecular formula is C11H18N4O. The van der Waals surface area contributed by atoms with Gasteiger partial charge in [0.2, 0.25) is 5.91 Å². The molecule has 1 aromatic rings. The monoisotopic (exact) mass is 222 g/mol. The van der Waals surface area contributed by atoms with Gasteiger partial charge in [-0.1, -0.05) is 0 Å². The summed E-state index contributed by atoms with van der Waals surface area (Å²) in [7, 11) is 1.89. The average Bonchev–Trinajstić information content (AvgIpc) is 2.56. The molecule has 1 atom stereocenters. The molecule has 16 heavy (non-hydrogen) atoms. The van der Waals surface area contributed by atoms with Crippen molar-refractivity contribution in [1.29, 1.82) is 0 Å². The Kier molecular flexibility index (Phi) is 3.56. The van der Waals surface area contributed by atoms with Crippen LogP contribution in [-0.4, -0.2) is 28.3 Å². The maximum Gasteiger partial charge on any atom is 0.237 e. The molecule has 2 rings (SSSR count). The van der Waals surface area contributed by atoms with E-state index in [9.17, 15) is 4.79 Å². The summed E-state index contributed by atoms with van der Waals surface area (Å²) >= 11 is 0. The molecular weight excluding hydrogens is 204 g/mol. The van der Waals surface area contributed by atoms with Gasteiger partial charge in [0.1, 0.15) is 0 Å². The topological polar surface area (TPSA) is 59.0 Å². The van der Waals surface area contributed by atoms with E-state index in [1.165, 1.54) is 0 Å². The van der Waals surface area contributed by atoms with Gasteiger partial charge >= 0.3 is 0 Å². The van der Waals surface area contributed by atoms with Crippen LogP contribution in [0.2, 0.25) is 0 Å². The Morgan fingerprint density at radius 1 is 1.62 bits per heavy atom. The van der Waals surface area contributed by atoms with E-state index < -0.39 is 0 Å². The van der Waals surface area contributed by atoms with Gasteiger partial charge in [-0.2, -0.15) is 5.10 Å². The lowest BCUT2D eigenvalue weighted by Crippen LogP contribution is -2.42. The van der Waals surface area contributed by atoms with Crippen LogP contribution in [0, 0.1) is 0 Å². The third-order valence-corrected chi connectivity index (χ3v) is 2.83. The normalized spacial score (nSPS) is 21.6. The molecule has 0 radical (unpaired) electrons. The quantitative estimate of drug-likeness (QED) is 0.767. The summed E-state index contributed by atoms with van der Waals surface area (Å²) in [6.45, 7) is 1.46. The number of hydrogen-bond acceptors (Lipinski definition) is 3. The fraction of sp³-hybridized carbons (Fsp3) is 0.636. The van der Waals surface area contributed by atoms with Crippen LogP contribution in [0.15, 0.2) is 12.3 Å². The highest BCUT2D eigenvalue weighted by molar-refractivity contribution is 5.81. The number of nitrogens with one attached hydrogen (secondary N) is 2. The summed E-state index contributed by atoms with van der Waals surface area (Å²) in [5.74, 6) is 0.119. The lowest BCUT2D eigenvalue weighted by atomic mass is 10.1. The first kappa shape index (κ1) is 11.1. The highest BCUT2D eigenvalue weighted by Crippen LogP contribution is 2.06. The second kappa shape index (κ2) is 5.12. The third-order valence-electron chi connectivity index (χ3n) is 2.83. The minimum absolute atomic E-state index is 0.0653. The molecule has 1 saturated heterocycles. The maximum absolute atomic E-state index is 11.6. The Hall–Kier alpha value is -1.36. The average molecular weight is 222 g/mol. The molecule has 1 aromatic heterocycles. The predicted octanol–water partition coefficient (Wildman–Crippen LogP) is 0.178. The van der Waals surface area contributed by atoms with Crippen molar-refractivity contribution in [2.75, 3.05) is 6.54 Å².